The standard InChI is InChI=1S/C17H18N8O2/c1-10-5-14-19-9-20-24(14)7-12(10)21-16-18-6-13-15(22-16)25(17(26)23(13)2)11-3-4-27-8-11/h5-7,9,11H,3-4,8H2,1-2H3,(H,18,21,22)/t11-/m0/s1. The molecule has 5 rings (SSSR count). The van der Waals surface area contributed by atoms with Crippen LogP contribution >= 0.6 is 0 Å². The minimum Gasteiger partial charge on any atom is -0.379 e. The van der Waals surface area contributed by atoms with Crippen LogP contribution < -0.4 is 11.0 Å². The van der Waals surface area contributed by atoms with Gasteiger partial charge in [-0.2, -0.15) is 10.1 Å². The van der Waals surface area contributed by atoms with Gasteiger partial charge in [-0.3, -0.25) is 9.13 Å². The first-order chi connectivity index (χ1) is 13.1. The molecule has 0 bridgehead atoms. The van der Waals surface area contributed by atoms with Crippen LogP contribution in [0.4, 0.5) is 11.6 Å². The van der Waals surface area contributed by atoms with Gasteiger partial charge in [-0.15, -0.1) is 0 Å². The van der Waals surface area contributed by atoms with Gasteiger partial charge in [-0.25, -0.2) is 19.3 Å². The second-order valence-corrected chi connectivity index (χ2v) is 6.69. The van der Waals surface area contributed by atoms with Crippen LogP contribution in [0.1, 0.15) is 18.0 Å². The Morgan fingerprint density at radius 2 is 2.22 bits per heavy atom. The number of anilines is 2. The second-order valence-electron chi connectivity index (χ2n) is 6.69. The van der Waals surface area contributed by atoms with Gasteiger partial charge in [0.15, 0.2) is 11.3 Å². The highest BCUT2D eigenvalue weighted by atomic mass is 16.5. The van der Waals surface area contributed by atoms with Crippen molar-refractivity contribution >= 4 is 28.4 Å². The zero-order valence-electron chi connectivity index (χ0n) is 15.0. The first-order valence-corrected chi connectivity index (χ1v) is 8.70. The van der Waals surface area contributed by atoms with E-state index in [2.05, 4.69) is 25.4 Å². The summed E-state index contributed by atoms with van der Waals surface area (Å²) < 4.78 is 10.4. The lowest BCUT2D eigenvalue weighted by molar-refractivity contribution is 0.186. The lowest BCUT2D eigenvalue weighted by Crippen LogP contribution is -2.26. The number of aromatic nitrogens is 7. The third-order valence-electron chi connectivity index (χ3n) is 4.97. The molecule has 1 atom stereocenters. The molecule has 0 saturated carbocycles. The molecule has 0 aliphatic carbocycles. The van der Waals surface area contributed by atoms with Crippen LogP contribution in [0.2, 0.25) is 0 Å². The monoisotopic (exact) mass is 366 g/mol. The highest BCUT2D eigenvalue weighted by Gasteiger charge is 2.24. The molecule has 1 aliphatic heterocycles. The van der Waals surface area contributed by atoms with Crippen LogP contribution in [-0.2, 0) is 11.8 Å². The van der Waals surface area contributed by atoms with Crippen molar-refractivity contribution in [1.82, 2.24) is 33.7 Å². The Morgan fingerprint density at radius 3 is 3.04 bits per heavy atom. The third-order valence-corrected chi connectivity index (χ3v) is 4.97. The van der Waals surface area contributed by atoms with Crippen molar-refractivity contribution in [2.45, 2.75) is 19.4 Å². The van der Waals surface area contributed by atoms with E-state index in [1.54, 1.807) is 26.9 Å². The average molecular weight is 366 g/mol. The Labute approximate surface area is 153 Å². The maximum atomic E-state index is 12.7. The van der Waals surface area contributed by atoms with Gasteiger partial charge in [-0.05, 0) is 25.0 Å². The van der Waals surface area contributed by atoms with Gasteiger partial charge in [0.05, 0.1) is 30.7 Å². The summed E-state index contributed by atoms with van der Waals surface area (Å²) in [4.78, 5) is 25.9. The minimum absolute atomic E-state index is 0.00261. The first kappa shape index (κ1) is 15.9. The summed E-state index contributed by atoms with van der Waals surface area (Å²) in [6.45, 7) is 3.15. The molecule has 4 aromatic heterocycles. The third kappa shape index (κ3) is 2.48. The Morgan fingerprint density at radius 1 is 1.33 bits per heavy atom. The maximum Gasteiger partial charge on any atom is 0.330 e. The van der Waals surface area contributed by atoms with Gasteiger partial charge in [-0.1, -0.05) is 0 Å². The molecule has 27 heavy (non-hydrogen) atoms. The molecule has 5 heterocycles. The van der Waals surface area contributed by atoms with Gasteiger partial charge in [0.2, 0.25) is 5.95 Å². The van der Waals surface area contributed by atoms with Gasteiger partial charge in [0.1, 0.15) is 11.8 Å². The Bertz CT molecular complexity index is 1220. The molecule has 1 N–H and O–H groups in total. The smallest absolute Gasteiger partial charge is 0.330 e. The predicted molar refractivity (Wildman–Crippen MR) is 98.2 cm³/mol. The topological polar surface area (TPSA) is 104 Å². The van der Waals surface area contributed by atoms with E-state index in [4.69, 9.17) is 4.74 Å². The van der Waals surface area contributed by atoms with E-state index >= 15 is 0 Å². The van der Waals surface area contributed by atoms with Crippen molar-refractivity contribution in [3.8, 4) is 0 Å². The maximum absolute atomic E-state index is 12.7. The van der Waals surface area contributed by atoms with E-state index in [1.165, 1.54) is 6.33 Å². The number of nitrogens with zero attached hydrogens (tertiary/aromatic N) is 7. The van der Waals surface area contributed by atoms with Crippen molar-refractivity contribution in [3.05, 3.63) is 40.8 Å². The molecule has 1 saturated heterocycles. The van der Waals surface area contributed by atoms with Crippen LogP contribution in [0.5, 0.6) is 0 Å². The fraction of sp³-hybridized carbons (Fsp3) is 0.353. The van der Waals surface area contributed by atoms with Crippen LogP contribution in [0.25, 0.3) is 16.8 Å². The van der Waals surface area contributed by atoms with Crippen LogP contribution in [0.3, 0.4) is 0 Å². The number of hydrogen-bond acceptors (Lipinski definition) is 7. The minimum atomic E-state index is -0.104. The highest BCUT2D eigenvalue weighted by molar-refractivity contribution is 5.73. The normalized spacial score (nSPS) is 17.2. The zero-order chi connectivity index (χ0) is 18.5. The first-order valence-electron chi connectivity index (χ1n) is 8.70. The van der Waals surface area contributed by atoms with E-state index in [9.17, 15) is 4.79 Å². The number of fused-ring (bicyclic) bond motifs is 2. The SMILES string of the molecule is Cc1cc2ncnn2cc1Nc1ncc2c(n1)n([C@H]1CCOC1)c(=O)n2C. The Hall–Kier alpha value is -3.27. The number of hydrogen-bond donors (Lipinski definition) is 1. The quantitative estimate of drug-likeness (QED) is 0.581. The molecule has 0 unspecified atom stereocenters. The van der Waals surface area contributed by atoms with Gasteiger partial charge in [0.25, 0.3) is 0 Å². The second kappa shape index (κ2) is 5.88. The van der Waals surface area contributed by atoms with Gasteiger partial charge in [0, 0.05) is 13.7 Å². The van der Waals surface area contributed by atoms with Gasteiger partial charge < -0.3 is 10.1 Å². The molecule has 1 fully saturated rings. The Balaban J connectivity index is 1.60. The van der Waals surface area contributed by atoms with Crippen molar-refractivity contribution in [2.24, 2.45) is 7.05 Å². The van der Waals surface area contributed by atoms with Gasteiger partial charge >= 0.3 is 5.69 Å². The number of nitrogens with one attached hydrogen (secondary N) is 1. The molecule has 0 spiro atoms. The lowest BCUT2D eigenvalue weighted by atomic mass is 10.2. The molecular formula is C17H18N8O2. The fourth-order valence-corrected chi connectivity index (χ4v) is 3.46. The van der Waals surface area contributed by atoms with E-state index in [1.807, 2.05) is 19.2 Å². The van der Waals surface area contributed by atoms with Crippen LogP contribution in [0.15, 0.2) is 29.6 Å². The fourth-order valence-electron chi connectivity index (χ4n) is 3.46. The van der Waals surface area contributed by atoms with Crippen LogP contribution in [0, 0.1) is 6.92 Å². The number of pyridine rings is 1. The zero-order valence-corrected chi connectivity index (χ0v) is 15.0. The lowest BCUT2D eigenvalue weighted by Gasteiger charge is -2.11. The molecular weight excluding hydrogens is 348 g/mol. The van der Waals surface area contributed by atoms with Crippen molar-refractivity contribution in [3.63, 3.8) is 0 Å². The molecule has 1 aliphatic rings. The molecule has 0 aromatic carbocycles. The summed E-state index contributed by atoms with van der Waals surface area (Å²) in [5, 5.41) is 7.38. The van der Waals surface area contributed by atoms with E-state index in [-0.39, 0.29) is 11.7 Å². The summed E-state index contributed by atoms with van der Waals surface area (Å²) in [5.74, 6) is 0.420. The average Bonchev–Trinajstić information content (AvgIpc) is 3.37. The van der Waals surface area contributed by atoms with Crippen molar-refractivity contribution in [2.75, 3.05) is 18.5 Å². The van der Waals surface area contributed by atoms with E-state index in [0.717, 1.165) is 23.3 Å². The highest BCUT2D eigenvalue weighted by Crippen LogP contribution is 2.24. The largest absolute Gasteiger partial charge is 0.379 e. The summed E-state index contributed by atoms with van der Waals surface area (Å²) in [6, 6.07) is 1.93. The number of rotatable bonds is 3. The van der Waals surface area contributed by atoms with Crippen molar-refractivity contribution < 1.29 is 4.74 Å². The number of ether oxygens (including phenoxy) is 1. The van der Waals surface area contributed by atoms with Crippen molar-refractivity contribution in [1.29, 1.82) is 0 Å². The molecule has 0 amide bonds. The molecule has 138 valence electrons. The predicted octanol–water partition coefficient (Wildman–Crippen LogP) is 1.19. The number of aryl methyl sites for hydroxylation is 2. The Kier molecular flexibility index (Phi) is 3.47. The van der Waals surface area contributed by atoms with E-state index < -0.39 is 0 Å². The molecule has 4 aromatic rings. The van der Waals surface area contributed by atoms with E-state index in [0.29, 0.717) is 30.3 Å². The summed E-state index contributed by atoms with van der Waals surface area (Å²) >= 11 is 0. The molecule has 10 heteroatoms. The molecule has 0 radical (unpaired) electrons. The molecule has 10 nitrogen and oxygen atoms in total. The summed E-state index contributed by atoms with van der Waals surface area (Å²) in [6.07, 6.45) is 5.82. The number of imidazole rings is 1. The van der Waals surface area contributed by atoms with Crippen LogP contribution in [-0.4, -0.2) is 46.9 Å². The summed E-state index contributed by atoms with van der Waals surface area (Å²) in [7, 11) is 1.73. The summed E-state index contributed by atoms with van der Waals surface area (Å²) in [5.41, 5.74) is 3.78.